The average Bonchev–Trinajstić information content (AvgIpc) is 3.02. The number of benzene rings is 1. The molecule has 1 aliphatic rings. The first kappa shape index (κ1) is 19.1. The fourth-order valence-electron chi connectivity index (χ4n) is 2.75. The van der Waals surface area contributed by atoms with Gasteiger partial charge in [0.05, 0.1) is 13.2 Å². The van der Waals surface area contributed by atoms with Crippen molar-refractivity contribution in [3.63, 3.8) is 0 Å². The summed E-state index contributed by atoms with van der Waals surface area (Å²) in [6, 6.07) is 6.88. The van der Waals surface area contributed by atoms with Crippen molar-refractivity contribution in [2.24, 2.45) is 7.05 Å². The van der Waals surface area contributed by atoms with Crippen LogP contribution in [0.4, 0.5) is 5.69 Å². The van der Waals surface area contributed by atoms with Gasteiger partial charge in [0.2, 0.25) is 10.0 Å². The molecule has 1 fully saturated rings. The number of anilines is 1. The molecule has 1 aromatic carbocycles. The molecule has 1 N–H and O–H groups in total. The van der Waals surface area contributed by atoms with Crippen LogP contribution in [0.5, 0.6) is 0 Å². The Morgan fingerprint density at radius 2 is 1.92 bits per heavy atom. The number of hydrogen-bond acceptors (Lipinski definition) is 4. The van der Waals surface area contributed by atoms with Crippen molar-refractivity contribution in [3.8, 4) is 0 Å². The lowest BCUT2D eigenvalue weighted by Crippen LogP contribution is -2.40. The normalized spacial score (nSPS) is 15.8. The molecule has 7 nitrogen and oxygen atoms in total. The first-order valence-electron chi connectivity index (χ1n) is 8.11. The van der Waals surface area contributed by atoms with Crippen LogP contribution < -0.4 is 5.32 Å². The number of hydrogen-bond donors (Lipinski definition) is 1. The summed E-state index contributed by atoms with van der Waals surface area (Å²) in [4.78, 5) is 12.7. The summed E-state index contributed by atoms with van der Waals surface area (Å²) in [5.41, 5.74) is 1.91. The molecule has 1 amide bonds. The molecule has 1 saturated heterocycles. The van der Waals surface area contributed by atoms with E-state index in [1.54, 1.807) is 13.1 Å². The molecule has 0 spiro atoms. The van der Waals surface area contributed by atoms with Gasteiger partial charge >= 0.3 is 0 Å². The topological polar surface area (TPSA) is 80.6 Å². The van der Waals surface area contributed by atoms with Crippen LogP contribution >= 0.6 is 15.9 Å². The largest absolute Gasteiger partial charge is 0.379 e. The van der Waals surface area contributed by atoms with Gasteiger partial charge in [0.15, 0.2) is 0 Å². The van der Waals surface area contributed by atoms with Crippen LogP contribution in [0.1, 0.15) is 16.1 Å². The second-order valence-corrected chi connectivity index (χ2v) is 8.90. The minimum atomic E-state index is -3.64. The van der Waals surface area contributed by atoms with Crippen molar-refractivity contribution in [2.75, 3.05) is 31.6 Å². The van der Waals surface area contributed by atoms with E-state index in [0.29, 0.717) is 32.0 Å². The highest BCUT2D eigenvalue weighted by Gasteiger charge is 2.28. The highest BCUT2D eigenvalue weighted by molar-refractivity contribution is 9.10. The first-order valence-corrected chi connectivity index (χ1v) is 10.3. The summed E-state index contributed by atoms with van der Waals surface area (Å²) in [7, 11) is -1.98. The van der Waals surface area contributed by atoms with Crippen LogP contribution in [0.25, 0.3) is 0 Å². The van der Waals surface area contributed by atoms with E-state index in [1.807, 2.05) is 19.1 Å². The lowest BCUT2D eigenvalue weighted by atomic mass is 10.2. The molecule has 140 valence electrons. The van der Waals surface area contributed by atoms with Crippen molar-refractivity contribution in [3.05, 3.63) is 46.2 Å². The van der Waals surface area contributed by atoms with Gasteiger partial charge in [-0.1, -0.05) is 15.9 Å². The number of nitrogens with zero attached hydrogens (tertiary/aromatic N) is 2. The smallest absolute Gasteiger partial charge is 0.272 e. The van der Waals surface area contributed by atoms with E-state index in [2.05, 4.69) is 21.2 Å². The number of carbonyl (C=O) groups is 1. The molecule has 1 aliphatic heterocycles. The van der Waals surface area contributed by atoms with Crippen molar-refractivity contribution < 1.29 is 17.9 Å². The van der Waals surface area contributed by atoms with Crippen molar-refractivity contribution in [2.45, 2.75) is 11.8 Å². The van der Waals surface area contributed by atoms with Crippen LogP contribution in [0.2, 0.25) is 0 Å². The average molecular weight is 442 g/mol. The Morgan fingerprint density at radius 1 is 1.23 bits per heavy atom. The van der Waals surface area contributed by atoms with Gasteiger partial charge in [0.25, 0.3) is 5.91 Å². The predicted molar refractivity (Wildman–Crippen MR) is 102 cm³/mol. The van der Waals surface area contributed by atoms with Gasteiger partial charge in [-0.15, -0.1) is 0 Å². The van der Waals surface area contributed by atoms with Gasteiger partial charge in [-0.2, -0.15) is 4.31 Å². The van der Waals surface area contributed by atoms with Crippen molar-refractivity contribution in [1.29, 1.82) is 0 Å². The Hall–Kier alpha value is -1.68. The molecule has 0 aliphatic carbocycles. The fourth-order valence-corrected chi connectivity index (χ4v) is 4.48. The summed E-state index contributed by atoms with van der Waals surface area (Å²) in [6.45, 7) is 3.31. The second-order valence-electron chi connectivity index (χ2n) is 6.11. The maximum atomic E-state index is 12.7. The van der Waals surface area contributed by atoms with E-state index >= 15 is 0 Å². The van der Waals surface area contributed by atoms with Crippen LogP contribution in [0, 0.1) is 6.92 Å². The summed E-state index contributed by atoms with van der Waals surface area (Å²) < 4.78 is 34.5. The number of rotatable bonds is 4. The third-order valence-electron chi connectivity index (χ3n) is 4.24. The number of halogens is 1. The van der Waals surface area contributed by atoms with Crippen LogP contribution in [0.3, 0.4) is 0 Å². The zero-order valence-electron chi connectivity index (χ0n) is 14.5. The molecule has 0 radical (unpaired) electrons. The third kappa shape index (κ3) is 3.85. The van der Waals surface area contributed by atoms with Crippen LogP contribution in [-0.4, -0.2) is 49.5 Å². The molecular formula is C17H20BrN3O4S. The lowest BCUT2D eigenvalue weighted by Gasteiger charge is -2.25. The Kier molecular flexibility index (Phi) is 5.52. The number of ether oxygens (including phenoxy) is 1. The van der Waals surface area contributed by atoms with Gasteiger partial charge in [-0.05, 0) is 36.8 Å². The molecule has 0 saturated carbocycles. The summed E-state index contributed by atoms with van der Waals surface area (Å²) >= 11 is 3.42. The van der Waals surface area contributed by atoms with Crippen molar-refractivity contribution in [1.82, 2.24) is 8.87 Å². The maximum absolute atomic E-state index is 12.7. The standard InChI is InChI=1S/C17H20BrN3O4S/c1-12-9-13(3-4-15(12)18)19-17(22)16-10-14(11-20(16)2)26(23,24)21-5-7-25-8-6-21/h3-4,9-11H,5-8H2,1-2H3,(H,19,22). The Balaban J connectivity index is 1.83. The van der Waals surface area contributed by atoms with E-state index in [-0.39, 0.29) is 16.5 Å². The number of carbonyl (C=O) groups excluding carboxylic acids is 1. The second kappa shape index (κ2) is 7.51. The Bertz CT molecular complexity index is 933. The van der Waals surface area contributed by atoms with E-state index < -0.39 is 10.0 Å². The SMILES string of the molecule is Cc1cc(NC(=O)c2cc(S(=O)(=O)N3CCOCC3)cn2C)ccc1Br. The lowest BCUT2D eigenvalue weighted by molar-refractivity contribution is 0.0730. The number of amides is 1. The van der Waals surface area contributed by atoms with Gasteiger partial charge in [0.1, 0.15) is 10.6 Å². The highest BCUT2D eigenvalue weighted by atomic mass is 79.9. The monoisotopic (exact) mass is 441 g/mol. The first-order chi connectivity index (χ1) is 12.3. The van der Waals surface area contributed by atoms with Gasteiger partial charge in [-0.25, -0.2) is 8.42 Å². The minimum Gasteiger partial charge on any atom is -0.379 e. The van der Waals surface area contributed by atoms with Gasteiger partial charge < -0.3 is 14.6 Å². The molecule has 3 rings (SSSR count). The zero-order chi connectivity index (χ0) is 18.9. The molecule has 9 heteroatoms. The predicted octanol–water partition coefficient (Wildman–Crippen LogP) is 2.37. The molecule has 0 bridgehead atoms. The molecular weight excluding hydrogens is 422 g/mol. The fraction of sp³-hybridized carbons (Fsp3) is 0.353. The Labute approximate surface area is 161 Å². The molecule has 1 aromatic heterocycles. The number of morpholine rings is 1. The molecule has 0 atom stereocenters. The quantitative estimate of drug-likeness (QED) is 0.789. The minimum absolute atomic E-state index is 0.110. The number of sulfonamides is 1. The van der Waals surface area contributed by atoms with E-state index in [4.69, 9.17) is 4.74 Å². The molecule has 2 heterocycles. The van der Waals surface area contributed by atoms with Gasteiger partial charge in [-0.3, -0.25) is 4.79 Å². The Morgan fingerprint density at radius 3 is 2.58 bits per heavy atom. The highest BCUT2D eigenvalue weighted by Crippen LogP contribution is 2.22. The summed E-state index contributed by atoms with van der Waals surface area (Å²) in [6.07, 6.45) is 1.46. The number of nitrogens with one attached hydrogen (secondary N) is 1. The summed E-state index contributed by atoms with van der Waals surface area (Å²) in [5.74, 6) is -0.363. The molecule has 26 heavy (non-hydrogen) atoms. The maximum Gasteiger partial charge on any atom is 0.272 e. The van der Waals surface area contributed by atoms with E-state index in [1.165, 1.54) is 21.1 Å². The van der Waals surface area contributed by atoms with Crippen molar-refractivity contribution >= 4 is 37.5 Å². The van der Waals surface area contributed by atoms with E-state index in [0.717, 1.165) is 10.0 Å². The third-order valence-corrected chi connectivity index (χ3v) is 6.99. The molecule has 2 aromatic rings. The van der Waals surface area contributed by atoms with Gasteiger partial charge in [0, 0.05) is 36.5 Å². The van der Waals surface area contributed by atoms with Crippen LogP contribution in [0.15, 0.2) is 39.8 Å². The van der Waals surface area contributed by atoms with E-state index in [9.17, 15) is 13.2 Å². The van der Waals surface area contributed by atoms with Crippen LogP contribution in [-0.2, 0) is 21.8 Å². The summed E-state index contributed by atoms with van der Waals surface area (Å²) in [5, 5.41) is 2.80. The number of aryl methyl sites for hydroxylation is 2. The molecule has 0 unspecified atom stereocenters. The zero-order valence-corrected chi connectivity index (χ0v) is 16.9. The number of aromatic nitrogens is 1.